The van der Waals surface area contributed by atoms with E-state index in [2.05, 4.69) is 64.8 Å². The first kappa shape index (κ1) is 24.1. The molecular weight excluding hydrogens is 486 g/mol. The van der Waals surface area contributed by atoms with E-state index >= 15 is 0 Å². The van der Waals surface area contributed by atoms with Crippen LogP contribution >= 0.6 is 12.0 Å². The molecule has 7 rings (SSSR count). The maximum Gasteiger partial charge on any atom is 0.415 e. The molecular formula is C28H27F2O5S-. The summed E-state index contributed by atoms with van der Waals surface area (Å²) in [6.45, 7) is 2.09. The molecule has 4 aliphatic carbocycles. The van der Waals surface area contributed by atoms with Gasteiger partial charge in [0.2, 0.25) is 0 Å². The molecule has 0 aliphatic heterocycles. The summed E-state index contributed by atoms with van der Waals surface area (Å²) in [6, 6.07) is 17.4. The van der Waals surface area contributed by atoms with Gasteiger partial charge in [0, 0.05) is 5.41 Å². The number of carbonyl (C=O) groups excluding carboxylic acids is 1. The Labute approximate surface area is 212 Å². The molecule has 3 aromatic rings. The van der Waals surface area contributed by atoms with Gasteiger partial charge in [-0.05, 0) is 108 Å². The maximum atomic E-state index is 14.0. The number of alkyl halides is 2. The minimum Gasteiger partial charge on any atom is -0.691 e. The first-order valence-corrected chi connectivity index (χ1v) is 13.1. The number of hydrogen-bond acceptors (Lipinski definition) is 6. The number of benzene rings is 3. The molecule has 3 aromatic carbocycles. The van der Waals surface area contributed by atoms with Crippen molar-refractivity contribution in [3.05, 3.63) is 59.7 Å². The van der Waals surface area contributed by atoms with E-state index in [0.29, 0.717) is 11.8 Å². The van der Waals surface area contributed by atoms with E-state index in [-0.39, 0.29) is 17.4 Å². The Kier molecular flexibility index (Phi) is 5.79. The highest BCUT2D eigenvalue weighted by atomic mass is 32.2. The molecule has 0 N–H and O–H groups in total. The van der Waals surface area contributed by atoms with Crippen LogP contribution in [-0.4, -0.2) is 17.8 Å². The third-order valence-electron chi connectivity index (χ3n) is 8.77. The molecule has 2 atom stereocenters. The molecule has 0 saturated heterocycles. The number of halogens is 2. The van der Waals surface area contributed by atoms with E-state index in [1.165, 1.54) is 32.7 Å². The van der Waals surface area contributed by atoms with Crippen LogP contribution in [0.25, 0.3) is 21.5 Å². The second-order valence-electron chi connectivity index (χ2n) is 11.2. The zero-order valence-electron chi connectivity index (χ0n) is 19.9. The fourth-order valence-corrected chi connectivity index (χ4v) is 8.21. The van der Waals surface area contributed by atoms with Crippen molar-refractivity contribution in [1.29, 1.82) is 0 Å². The summed E-state index contributed by atoms with van der Waals surface area (Å²) in [5.41, 5.74) is 2.17. The Morgan fingerprint density at radius 1 is 1.06 bits per heavy atom. The van der Waals surface area contributed by atoms with Gasteiger partial charge in [0.1, 0.15) is 12.0 Å². The van der Waals surface area contributed by atoms with Crippen molar-refractivity contribution in [2.45, 2.75) is 56.1 Å². The van der Waals surface area contributed by atoms with Gasteiger partial charge in [-0.25, -0.2) is 4.79 Å². The molecule has 2 unspecified atom stereocenters. The van der Waals surface area contributed by atoms with Gasteiger partial charge in [-0.1, -0.05) is 36.4 Å². The minimum atomic E-state index is -4.02. The number of aryl methyl sites for hydroxylation is 1. The van der Waals surface area contributed by atoms with Gasteiger partial charge in [-0.3, -0.25) is 5.04 Å². The van der Waals surface area contributed by atoms with Gasteiger partial charge >= 0.3 is 11.2 Å². The van der Waals surface area contributed by atoms with Crippen molar-refractivity contribution in [3.8, 4) is 0 Å². The molecule has 0 amide bonds. The molecule has 8 heteroatoms. The maximum absolute atomic E-state index is 14.0. The molecule has 4 saturated carbocycles. The van der Waals surface area contributed by atoms with Gasteiger partial charge < -0.3 is 9.99 Å². The van der Waals surface area contributed by atoms with Crippen LogP contribution in [0.1, 0.15) is 49.7 Å². The smallest absolute Gasteiger partial charge is 0.415 e. The fraction of sp³-hybridized carbons (Fsp3) is 0.464. The Balaban J connectivity index is 1.35. The largest absolute Gasteiger partial charge is 0.691 e. The third-order valence-corrected chi connectivity index (χ3v) is 9.27. The van der Waals surface area contributed by atoms with Crippen LogP contribution in [-0.2, 0) is 24.3 Å². The number of esters is 1. The van der Waals surface area contributed by atoms with Gasteiger partial charge in [-0.15, -0.1) is 0 Å². The average molecular weight is 514 g/mol. The summed E-state index contributed by atoms with van der Waals surface area (Å²) < 4.78 is 36.8. The van der Waals surface area contributed by atoms with Gasteiger partial charge in [0.05, 0.1) is 6.61 Å². The second-order valence-corrected chi connectivity index (χ2v) is 12.0. The molecule has 0 heterocycles. The van der Waals surface area contributed by atoms with E-state index in [1.807, 2.05) is 0 Å². The van der Waals surface area contributed by atoms with Crippen LogP contribution in [0, 0.1) is 24.2 Å². The Hall–Kier alpha value is -2.26. The average Bonchev–Trinajstić information content (AvgIpc) is 2.84. The Morgan fingerprint density at radius 2 is 1.72 bits per heavy atom. The second kappa shape index (κ2) is 8.65. The quantitative estimate of drug-likeness (QED) is 0.124. The molecule has 4 fully saturated rings. The number of hydrogen-bond donors (Lipinski definition) is 0. The molecule has 190 valence electrons. The molecule has 0 spiro atoms. The first-order valence-electron chi connectivity index (χ1n) is 12.3. The van der Waals surface area contributed by atoms with E-state index in [1.54, 1.807) is 0 Å². The van der Waals surface area contributed by atoms with E-state index < -0.39 is 23.3 Å². The number of carbonyl (C=O) groups is 1. The summed E-state index contributed by atoms with van der Waals surface area (Å²) >= 11 is -0.639. The van der Waals surface area contributed by atoms with Crippen molar-refractivity contribution >= 4 is 39.6 Å². The third kappa shape index (κ3) is 3.99. The minimum absolute atomic E-state index is 0.0539. The zero-order chi connectivity index (χ0) is 25.1. The summed E-state index contributed by atoms with van der Waals surface area (Å²) in [7, 11) is 0. The Bertz CT molecular complexity index is 1330. The SMILES string of the molecule is Cc1ccc(C23CC4CC(CC(COC(=O)C(F)(F)SOO[O-])(C4)C2)C3)c2cc3ccccc3cc12. The van der Waals surface area contributed by atoms with Gasteiger partial charge in [0.15, 0.2) is 0 Å². The van der Waals surface area contributed by atoms with Crippen molar-refractivity contribution in [2.24, 2.45) is 17.3 Å². The highest BCUT2D eigenvalue weighted by Crippen LogP contribution is 2.66. The Morgan fingerprint density at radius 3 is 2.39 bits per heavy atom. The first-order chi connectivity index (χ1) is 17.2. The van der Waals surface area contributed by atoms with Crippen molar-refractivity contribution in [2.75, 3.05) is 6.61 Å². The van der Waals surface area contributed by atoms with Crippen molar-refractivity contribution in [1.82, 2.24) is 0 Å². The fourth-order valence-electron chi connectivity index (χ4n) is 7.97. The van der Waals surface area contributed by atoms with E-state index in [9.17, 15) is 18.8 Å². The molecule has 4 aliphatic rings. The highest BCUT2D eigenvalue weighted by molar-refractivity contribution is 7.96. The summed E-state index contributed by atoms with van der Waals surface area (Å²) in [5.74, 6) is -0.746. The zero-order valence-corrected chi connectivity index (χ0v) is 20.7. The van der Waals surface area contributed by atoms with E-state index in [0.717, 1.165) is 38.5 Å². The molecule has 0 radical (unpaired) electrons. The van der Waals surface area contributed by atoms with E-state index in [4.69, 9.17) is 4.74 Å². The lowest BCUT2D eigenvalue weighted by Gasteiger charge is -2.62. The lowest BCUT2D eigenvalue weighted by atomic mass is 9.43. The molecule has 0 aromatic heterocycles. The van der Waals surface area contributed by atoms with Crippen LogP contribution in [0.2, 0.25) is 0 Å². The number of fused-ring (bicyclic) bond motifs is 2. The van der Waals surface area contributed by atoms with Crippen molar-refractivity contribution < 1.29 is 32.9 Å². The standard InChI is InChI=1S/C28H28F2O5S/c1-17-6-7-24(23-10-21-5-3-2-4-20(21)9-22(17)23)27-13-18-8-19(14-27)12-26(11-18,15-27)16-33-25(31)28(29,30)36-35-34-32/h2-7,9-10,18-19,32H,8,11-16H2,1H3/p-1. The van der Waals surface area contributed by atoms with Crippen LogP contribution in [0.15, 0.2) is 48.5 Å². The van der Waals surface area contributed by atoms with Crippen LogP contribution in [0.4, 0.5) is 8.78 Å². The number of rotatable bonds is 7. The van der Waals surface area contributed by atoms with Crippen LogP contribution < -0.4 is 5.26 Å². The topological polar surface area (TPSA) is 67.8 Å². The lowest BCUT2D eigenvalue weighted by Crippen LogP contribution is -2.56. The monoisotopic (exact) mass is 513 g/mol. The lowest BCUT2D eigenvalue weighted by molar-refractivity contribution is -0.777. The molecule has 36 heavy (non-hydrogen) atoms. The summed E-state index contributed by atoms with van der Waals surface area (Å²) in [4.78, 5) is 12.1. The van der Waals surface area contributed by atoms with Crippen LogP contribution in [0.3, 0.4) is 0 Å². The normalized spacial score (nSPS) is 29.2. The summed E-state index contributed by atoms with van der Waals surface area (Å²) in [5, 5.41) is 13.8. The molecule has 4 bridgehead atoms. The molecule has 5 nitrogen and oxygen atoms in total. The van der Waals surface area contributed by atoms with Gasteiger partial charge in [-0.2, -0.15) is 13.1 Å². The van der Waals surface area contributed by atoms with Gasteiger partial charge in [0.25, 0.3) is 0 Å². The predicted molar refractivity (Wildman–Crippen MR) is 131 cm³/mol. The predicted octanol–water partition coefficient (Wildman–Crippen LogP) is 6.15. The summed E-state index contributed by atoms with van der Waals surface area (Å²) in [6.07, 6.45) is 5.86. The van der Waals surface area contributed by atoms with Crippen molar-refractivity contribution in [3.63, 3.8) is 0 Å². The highest BCUT2D eigenvalue weighted by Gasteiger charge is 2.59. The number of ether oxygens (including phenoxy) is 1. The van der Waals surface area contributed by atoms with Crippen LogP contribution in [0.5, 0.6) is 0 Å².